The number of carbonyl (C=O) groups excluding carboxylic acids is 2. The topological polar surface area (TPSA) is 98.7 Å². The molecule has 0 bridgehead atoms. The van der Waals surface area contributed by atoms with Gasteiger partial charge < -0.3 is 20.6 Å². The highest BCUT2D eigenvalue weighted by molar-refractivity contribution is 5.93. The van der Waals surface area contributed by atoms with E-state index >= 15 is 0 Å². The number of nitrogens with one attached hydrogen (secondary N) is 2. The van der Waals surface area contributed by atoms with Crippen LogP contribution in [0.4, 0.5) is 16.2 Å². The van der Waals surface area contributed by atoms with Crippen molar-refractivity contribution in [2.24, 2.45) is 0 Å². The van der Waals surface area contributed by atoms with Gasteiger partial charge >= 0.3 is 12.0 Å². The zero-order valence-electron chi connectivity index (χ0n) is 11.6. The number of amides is 3. The molecule has 1 heterocycles. The smallest absolute Gasteiger partial charge is 0.326 e. The third kappa shape index (κ3) is 3.71. The second-order valence-corrected chi connectivity index (χ2v) is 4.88. The lowest BCUT2D eigenvalue weighted by molar-refractivity contribution is -0.141. The van der Waals surface area contributed by atoms with Gasteiger partial charge in [-0.3, -0.25) is 4.79 Å². The van der Waals surface area contributed by atoms with Crippen molar-refractivity contribution in [3.05, 3.63) is 24.3 Å². The molecule has 3 N–H and O–H groups in total. The van der Waals surface area contributed by atoms with Crippen molar-refractivity contribution in [3.63, 3.8) is 0 Å². The van der Waals surface area contributed by atoms with Gasteiger partial charge in [0, 0.05) is 24.8 Å². The van der Waals surface area contributed by atoms with Gasteiger partial charge in [-0.1, -0.05) is 0 Å². The largest absolute Gasteiger partial charge is 0.480 e. The second-order valence-electron chi connectivity index (χ2n) is 4.88. The molecule has 0 radical (unpaired) electrons. The van der Waals surface area contributed by atoms with E-state index in [2.05, 4.69) is 10.6 Å². The van der Waals surface area contributed by atoms with Crippen LogP contribution in [0, 0.1) is 0 Å². The van der Waals surface area contributed by atoms with Crippen molar-refractivity contribution in [3.8, 4) is 0 Å². The number of benzene rings is 1. The van der Waals surface area contributed by atoms with Crippen molar-refractivity contribution in [1.29, 1.82) is 0 Å². The molecule has 1 atom stereocenters. The molecule has 2 rings (SSSR count). The van der Waals surface area contributed by atoms with Gasteiger partial charge in [0.25, 0.3) is 0 Å². The average Bonchev–Trinajstić information content (AvgIpc) is 2.90. The Kier molecular flexibility index (Phi) is 4.42. The highest BCUT2D eigenvalue weighted by Gasteiger charge is 2.33. The zero-order chi connectivity index (χ0) is 15.4. The lowest BCUT2D eigenvalue weighted by Crippen LogP contribution is -2.42. The Morgan fingerprint density at radius 2 is 1.71 bits per heavy atom. The lowest BCUT2D eigenvalue weighted by Gasteiger charge is -2.21. The predicted molar refractivity (Wildman–Crippen MR) is 77.1 cm³/mol. The Morgan fingerprint density at radius 3 is 2.24 bits per heavy atom. The first-order valence-corrected chi connectivity index (χ1v) is 6.65. The summed E-state index contributed by atoms with van der Waals surface area (Å²) in [6.45, 7) is 1.85. The fourth-order valence-corrected chi connectivity index (χ4v) is 2.30. The molecule has 1 aromatic carbocycles. The van der Waals surface area contributed by atoms with E-state index in [0.29, 0.717) is 30.8 Å². The standard InChI is InChI=1S/C14H17N3O4/c1-9(18)15-10-4-6-11(7-5-10)16-14(21)17-8-2-3-12(17)13(19)20/h4-7,12H,2-3,8H2,1H3,(H,15,18)(H,16,21)(H,19,20)/t12-/m0/s1. The molecule has 1 fully saturated rings. The highest BCUT2D eigenvalue weighted by atomic mass is 16.4. The first kappa shape index (κ1) is 14.8. The van der Waals surface area contributed by atoms with Crippen LogP contribution in [0.1, 0.15) is 19.8 Å². The molecule has 1 aliphatic heterocycles. The number of urea groups is 1. The Balaban J connectivity index is 1.99. The zero-order valence-corrected chi connectivity index (χ0v) is 11.6. The van der Waals surface area contributed by atoms with Gasteiger partial charge in [-0.15, -0.1) is 0 Å². The van der Waals surface area contributed by atoms with Crippen molar-refractivity contribution in [1.82, 2.24) is 4.90 Å². The van der Waals surface area contributed by atoms with Crippen LogP contribution in [0.3, 0.4) is 0 Å². The Morgan fingerprint density at radius 1 is 1.14 bits per heavy atom. The van der Waals surface area contributed by atoms with Crippen molar-refractivity contribution < 1.29 is 19.5 Å². The van der Waals surface area contributed by atoms with Crippen LogP contribution in [-0.4, -0.2) is 40.5 Å². The third-order valence-corrected chi connectivity index (χ3v) is 3.26. The van der Waals surface area contributed by atoms with Crippen molar-refractivity contribution in [2.45, 2.75) is 25.8 Å². The molecule has 0 saturated carbocycles. The molecule has 0 unspecified atom stereocenters. The molecule has 7 heteroatoms. The predicted octanol–water partition coefficient (Wildman–Crippen LogP) is 1.73. The summed E-state index contributed by atoms with van der Waals surface area (Å²) in [6.07, 6.45) is 1.16. The van der Waals surface area contributed by atoms with Crippen LogP contribution in [0.25, 0.3) is 0 Å². The number of carbonyl (C=O) groups is 3. The minimum Gasteiger partial charge on any atom is -0.480 e. The summed E-state index contributed by atoms with van der Waals surface area (Å²) in [7, 11) is 0. The maximum absolute atomic E-state index is 12.1. The van der Waals surface area contributed by atoms with Crippen LogP contribution in [0.5, 0.6) is 0 Å². The summed E-state index contributed by atoms with van der Waals surface area (Å²) < 4.78 is 0. The first-order chi connectivity index (χ1) is 9.97. The summed E-state index contributed by atoms with van der Waals surface area (Å²) in [5.74, 6) is -1.16. The van der Waals surface area contributed by atoms with E-state index < -0.39 is 18.0 Å². The minimum atomic E-state index is -0.983. The highest BCUT2D eigenvalue weighted by Crippen LogP contribution is 2.20. The molecule has 3 amide bonds. The second kappa shape index (κ2) is 6.25. The molecular formula is C14H17N3O4. The van der Waals surface area contributed by atoms with E-state index in [4.69, 9.17) is 5.11 Å². The van der Waals surface area contributed by atoms with Crippen LogP contribution in [-0.2, 0) is 9.59 Å². The van der Waals surface area contributed by atoms with Crippen LogP contribution >= 0.6 is 0 Å². The van der Waals surface area contributed by atoms with E-state index in [0.717, 1.165) is 0 Å². The van der Waals surface area contributed by atoms with Crippen LogP contribution < -0.4 is 10.6 Å². The van der Waals surface area contributed by atoms with Gasteiger partial charge in [-0.2, -0.15) is 0 Å². The Bertz CT molecular complexity index is 556. The summed E-state index contributed by atoms with van der Waals surface area (Å²) in [5, 5.41) is 14.3. The maximum atomic E-state index is 12.1. The van der Waals surface area contributed by atoms with Gasteiger partial charge in [-0.05, 0) is 37.1 Å². The first-order valence-electron chi connectivity index (χ1n) is 6.65. The molecule has 1 aliphatic rings. The molecule has 112 valence electrons. The summed E-state index contributed by atoms with van der Waals surface area (Å²) in [5.41, 5.74) is 1.18. The molecule has 1 aromatic rings. The maximum Gasteiger partial charge on any atom is 0.326 e. The monoisotopic (exact) mass is 291 g/mol. The van der Waals surface area contributed by atoms with Crippen LogP contribution in [0.2, 0.25) is 0 Å². The molecule has 7 nitrogen and oxygen atoms in total. The molecule has 0 aromatic heterocycles. The molecule has 0 aliphatic carbocycles. The fraction of sp³-hybridized carbons (Fsp3) is 0.357. The molecular weight excluding hydrogens is 274 g/mol. The quantitative estimate of drug-likeness (QED) is 0.789. The van der Waals surface area contributed by atoms with Gasteiger partial charge in [0.2, 0.25) is 5.91 Å². The van der Waals surface area contributed by atoms with Gasteiger partial charge in [-0.25, -0.2) is 9.59 Å². The number of likely N-dealkylation sites (tertiary alicyclic amines) is 1. The fourth-order valence-electron chi connectivity index (χ4n) is 2.30. The molecule has 21 heavy (non-hydrogen) atoms. The number of carboxylic acid groups (broad SMARTS) is 1. The van der Waals surface area contributed by atoms with Crippen molar-refractivity contribution in [2.75, 3.05) is 17.2 Å². The van der Waals surface area contributed by atoms with Gasteiger partial charge in [0.1, 0.15) is 6.04 Å². The number of anilines is 2. The molecule has 1 saturated heterocycles. The van der Waals surface area contributed by atoms with Crippen LogP contribution in [0.15, 0.2) is 24.3 Å². The van der Waals surface area contributed by atoms with Gasteiger partial charge in [0.15, 0.2) is 0 Å². The van der Waals surface area contributed by atoms with E-state index in [-0.39, 0.29) is 5.91 Å². The normalized spacial score (nSPS) is 17.4. The molecule has 0 spiro atoms. The number of hydrogen-bond donors (Lipinski definition) is 3. The number of carboxylic acids is 1. The minimum absolute atomic E-state index is 0.173. The Hall–Kier alpha value is -2.57. The number of nitrogens with zero attached hydrogens (tertiary/aromatic N) is 1. The average molecular weight is 291 g/mol. The van der Waals surface area contributed by atoms with E-state index in [9.17, 15) is 14.4 Å². The summed E-state index contributed by atoms with van der Waals surface area (Å²) >= 11 is 0. The SMILES string of the molecule is CC(=O)Nc1ccc(NC(=O)N2CCC[C@H]2C(=O)O)cc1. The third-order valence-electron chi connectivity index (χ3n) is 3.26. The Labute approximate surface area is 121 Å². The lowest BCUT2D eigenvalue weighted by atomic mass is 10.2. The van der Waals surface area contributed by atoms with E-state index in [1.54, 1.807) is 24.3 Å². The number of rotatable bonds is 3. The van der Waals surface area contributed by atoms with E-state index in [1.165, 1.54) is 11.8 Å². The number of hydrogen-bond acceptors (Lipinski definition) is 3. The number of aliphatic carboxylic acids is 1. The summed E-state index contributed by atoms with van der Waals surface area (Å²) in [6, 6.07) is 5.44. The van der Waals surface area contributed by atoms with Crippen molar-refractivity contribution >= 4 is 29.3 Å². The summed E-state index contributed by atoms with van der Waals surface area (Å²) in [4.78, 5) is 35.4. The van der Waals surface area contributed by atoms with Gasteiger partial charge in [0.05, 0.1) is 0 Å². The van der Waals surface area contributed by atoms with E-state index in [1.807, 2.05) is 0 Å².